The highest BCUT2D eigenvalue weighted by Crippen LogP contribution is 2.33. The van der Waals surface area contributed by atoms with Crippen LogP contribution in [-0.4, -0.2) is 25.0 Å². The van der Waals surface area contributed by atoms with Gasteiger partial charge < -0.3 is 5.11 Å². The number of halogens is 4. The van der Waals surface area contributed by atoms with Crippen molar-refractivity contribution in [2.75, 3.05) is 0 Å². The van der Waals surface area contributed by atoms with Crippen molar-refractivity contribution >= 4 is 16.0 Å². The lowest BCUT2D eigenvalue weighted by Crippen LogP contribution is -2.43. The third kappa shape index (κ3) is 5.47. The van der Waals surface area contributed by atoms with Crippen LogP contribution in [0, 0.1) is 5.82 Å². The Bertz CT molecular complexity index is 698. The number of carbonyl (C=O) groups is 1. The molecule has 0 spiro atoms. The van der Waals surface area contributed by atoms with Crippen molar-refractivity contribution < 1.29 is 35.9 Å². The first-order chi connectivity index (χ1) is 10.2. The molecule has 0 aliphatic heterocycles. The molecule has 0 radical (unpaired) electrons. The number of hydrogen-bond donors (Lipinski definition) is 2. The van der Waals surface area contributed by atoms with Gasteiger partial charge in [0.25, 0.3) is 0 Å². The number of rotatable bonds is 6. The molecule has 2 N–H and O–H groups in total. The molecule has 0 saturated heterocycles. The average molecular weight is 357 g/mol. The fraction of sp³-hybridized carbons (Fsp3) is 0.462. The summed E-state index contributed by atoms with van der Waals surface area (Å²) in [5.74, 6) is -2.72. The summed E-state index contributed by atoms with van der Waals surface area (Å²) in [6, 6.07) is 1.33. The molecule has 0 aliphatic carbocycles. The lowest BCUT2D eigenvalue weighted by atomic mass is 10.0. The Balaban J connectivity index is 3.12. The van der Waals surface area contributed by atoms with Crippen molar-refractivity contribution in [2.45, 2.75) is 43.3 Å². The first-order valence-electron chi connectivity index (χ1n) is 6.37. The second-order valence-corrected chi connectivity index (χ2v) is 7.20. The van der Waals surface area contributed by atoms with Crippen molar-refractivity contribution in [1.29, 1.82) is 0 Å². The van der Waals surface area contributed by atoms with Gasteiger partial charge in [0.05, 0.1) is 10.5 Å². The number of aliphatic carboxylic acids is 1. The molecular weight excluding hydrogens is 342 g/mol. The van der Waals surface area contributed by atoms with Gasteiger partial charge in [-0.2, -0.15) is 13.2 Å². The molecule has 0 amide bonds. The predicted molar refractivity (Wildman–Crippen MR) is 72.7 cm³/mol. The molecule has 0 atom stereocenters. The third-order valence-electron chi connectivity index (χ3n) is 2.93. The summed E-state index contributed by atoms with van der Waals surface area (Å²) in [6.45, 7) is 2.78. The zero-order chi connectivity index (χ0) is 18.1. The van der Waals surface area contributed by atoms with Gasteiger partial charge in [0.15, 0.2) is 0 Å². The molecule has 0 aliphatic rings. The Morgan fingerprint density at radius 1 is 1.26 bits per heavy atom. The SMILES string of the molecule is CC(C)(CCC(=O)O)NS(=O)(=O)c1ccc(F)c(C(F)(F)F)c1. The highest BCUT2D eigenvalue weighted by molar-refractivity contribution is 7.89. The summed E-state index contributed by atoms with van der Waals surface area (Å²) < 4.78 is 77.5. The minimum atomic E-state index is -5.03. The molecule has 0 heterocycles. The van der Waals surface area contributed by atoms with E-state index in [2.05, 4.69) is 4.72 Å². The summed E-state index contributed by atoms with van der Waals surface area (Å²) in [5, 5.41) is 8.60. The number of nitrogens with one attached hydrogen (secondary N) is 1. The van der Waals surface area contributed by atoms with Gasteiger partial charge in [-0.25, -0.2) is 17.5 Å². The fourth-order valence-electron chi connectivity index (χ4n) is 1.78. The molecule has 1 aromatic carbocycles. The van der Waals surface area contributed by atoms with Crippen LogP contribution in [0.3, 0.4) is 0 Å². The summed E-state index contributed by atoms with van der Waals surface area (Å²) in [6.07, 6.45) is -5.43. The number of benzene rings is 1. The molecule has 0 unspecified atom stereocenters. The Morgan fingerprint density at radius 2 is 1.83 bits per heavy atom. The maximum atomic E-state index is 13.2. The maximum absolute atomic E-state index is 13.2. The molecule has 23 heavy (non-hydrogen) atoms. The van der Waals surface area contributed by atoms with Gasteiger partial charge in [-0.3, -0.25) is 4.79 Å². The molecule has 1 rings (SSSR count). The molecule has 0 bridgehead atoms. The van der Waals surface area contributed by atoms with E-state index in [1.165, 1.54) is 13.8 Å². The Labute approximate surface area is 130 Å². The van der Waals surface area contributed by atoms with Gasteiger partial charge in [-0.15, -0.1) is 0 Å². The number of sulfonamides is 1. The first kappa shape index (κ1) is 19.4. The maximum Gasteiger partial charge on any atom is 0.419 e. The zero-order valence-corrected chi connectivity index (χ0v) is 13.1. The Morgan fingerprint density at radius 3 is 2.30 bits per heavy atom. The van der Waals surface area contributed by atoms with E-state index in [1.54, 1.807) is 0 Å². The smallest absolute Gasteiger partial charge is 0.419 e. The van der Waals surface area contributed by atoms with Crippen LogP contribution in [-0.2, 0) is 21.0 Å². The van der Waals surface area contributed by atoms with Gasteiger partial charge in [-0.1, -0.05) is 0 Å². The quantitative estimate of drug-likeness (QED) is 0.767. The number of hydrogen-bond acceptors (Lipinski definition) is 3. The van der Waals surface area contributed by atoms with Crippen molar-refractivity contribution in [1.82, 2.24) is 4.72 Å². The average Bonchev–Trinajstić information content (AvgIpc) is 2.34. The van der Waals surface area contributed by atoms with Crippen LogP contribution in [0.5, 0.6) is 0 Å². The third-order valence-corrected chi connectivity index (χ3v) is 4.62. The van der Waals surface area contributed by atoms with Crippen LogP contribution in [0.1, 0.15) is 32.3 Å². The van der Waals surface area contributed by atoms with E-state index < -0.39 is 44.0 Å². The van der Waals surface area contributed by atoms with Gasteiger partial charge >= 0.3 is 12.1 Å². The van der Waals surface area contributed by atoms with Gasteiger partial charge in [0.1, 0.15) is 5.82 Å². The summed E-state index contributed by atoms with van der Waals surface area (Å²) in [5.41, 5.74) is -2.90. The molecular formula is C13H15F4NO4S. The van der Waals surface area contributed by atoms with Crippen LogP contribution in [0.25, 0.3) is 0 Å². The first-order valence-corrected chi connectivity index (χ1v) is 7.85. The summed E-state index contributed by atoms with van der Waals surface area (Å²) in [4.78, 5) is 9.78. The van der Waals surface area contributed by atoms with Crippen molar-refractivity contribution in [3.8, 4) is 0 Å². The second-order valence-electron chi connectivity index (χ2n) is 5.52. The van der Waals surface area contributed by atoms with Crippen molar-refractivity contribution in [2.24, 2.45) is 0 Å². The number of carboxylic acid groups (broad SMARTS) is 1. The Hall–Kier alpha value is -1.68. The van der Waals surface area contributed by atoms with E-state index in [0.29, 0.717) is 12.1 Å². The minimum Gasteiger partial charge on any atom is -0.481 e. The molecule has 10 heteroatoms. The molecule has 0 fully saturated rings. The second kappa shape index (κ2) is 6.44. The Kier molecular flexibility index (Phi) is 5.42. The molecule has 130 valence electrons. The van der Waals surface area contributed by atoms with Gasteiger partial charge in [0.2, 0.25) is 10.0 Å². The topological polar surface area (TPSA) is 83.5 Å². The molecule has 1 aromatic rings. The van der Waals surface area contributed by atoms with Crippen LogP contribution in [0.2, 0.25) is 0 Å². The van der Waals surface area contributed by atoms with Gasteiger partial charge in [-0.05, 0) is 38.5 Å². The highest BCUT2D eigenvalue weighted by Gasteiger charge is 2.36. The summed E-state index contributed by atoms with van der Waals surface area (Å²) in [7, 11) is -4.37. The predicted octanol–water partition coefficient (Wildman–Crippen LogP) is 2.77. The molecule has 0 aromatic heterocycles. The van der Waals surface area contributed by atoms with E-state index in [0.717, 1.165) is 0 Å². The molecule has 5 nitrogen and oxygen atoms in total. The monoisotopic (exact) mass is 357 g/mol. The van der Waals surface area contributed by atoms with Gasteiger partial charge in [0, 0.05) is 12.0 Å². The van der Waals surface area contributed by atoms with Crippen molar-refractivity contribution in [3.63, 3.8) is 0 Å². The molecule has 0 saturated carbocycles. The van der Waals surface area contributed by atoms with Crippen molar-refractivity contribution in [3.05, 3.63) is 29.6 Å². The van der Waals surface area contributed by atoms with Crippen LogP contribution in [0.4, 0.5) is 17.6 Å². The van der Waals surface area contributed by atoms with E-state index in [-0.39, 0.29) is 18.9 Å². The largest absolute Gasteiger partial charge is 0.481 e. The highest BCUT2D eigenvalue weighted by atomic mass is 32.2. The standard InChI is InChI=1S/C13H15F4NO4S/c1-12(2,6-5-11(19)20)18-23(21,22)8-3-4-10(14)9(7-8)13(15,16)17/h3-4,7,18H,5-6H2,1-2H3,(H,19,20). The number of carboxylic acids is 1. The van der Waals surface area contributed by atoms with E-state index >= 15 is 0 Å². The lowest BCUT2D eigenvalue weighted by molar-refractivity contribution is -0.140. The van der Waals surface area contributed by atoms with Crippen LogP contribution < -0.4 is 4.72 Å². The van der Waals surface area contributed by atoms with E-state index in [4.69, 9.17) is 5.11 Å². The van der Waals surface area contributed by atoms with Crippen LogP contribution in [0.15, 0.2) is 23.1 Å². The fourth-order valence-corrected chi connectivity index (χ4v) is 3.25. The van der Waals surface area contributed by atoms with E-state index in [9.17, 15) is 30.8 Å². The normalized spacial score (nSPS) is 13.1. The van der Waals surface area contributed by atoms with Crippen LogP contribution >= 0.6 is 0 Å². The lowest BCUT2D eigenvalue weighted by Gasteiger charge is -2.25. The zero-order valence-electron chi connectivity index (χ0n) is 12.2. The summed E-state index contributed by atoms with van der Waals surface area (Å²) >= 11 is 0. The number of alkyl halides is 3. The van der Waals surface area contributed by atoms with E-state index in [1.807, 2.05) is 0 Å². The minimum absolute atomic E-state index is 0.0745.